The minimum absolute atomic E-state index is 0.0515. The van der Waals surface area contributed by atoms with Gasteiger partial charge in [-0.1, -0.05) is 18.5 Å². The molecule has 0 saturated carbocycles. The third-order valence-corrected chi connectivity index (χ3v) is 2.64. The summed E-state index contributed by atoms with van der Waals surface area (Å²) >= 11 is 5.86. The Hall–Kier alpha value is -1.22. The van der Waals surface area contributed by atoms with Crippen molar-refractivity contribution in [3.05, 3.63) is 28.8 Å². The Bertz CT molecular complexity index is 379. The lowest BCUT2D eigenvalue weighted by molar-refractivity contribution is 0.0765. The van der Waals surface area contributed by atoms with E-state index in [1.165, 1.54) is 0 Å². The summed E-state index contributed by atoms with van der Waals surface area (Å²) in [5.74, 6) is -0.0515. The topological polar surface area (TPSA) is 46.3 Å². The van der Waals surface area contributed by atoms with Crippen molar-refractivity contribution in [1.29, 1.82) is 0 Å². The Kier molecular flexibility index (Phi) is 4.62. The second-order valence-corrected chi connectivity index (χ2v) is 4.05. The van der Waals surface area contributed by atoms with Gasteiger partial charge in [0.05, 0.1) is 5.56 Å². The van der Waals surface area contributed by atoms with Crippen LogP contribution in [0.1, 0.15) is 30.6 Å². The SMILES string of the molecule is CCCN(CC)C(=O)c1cc(Cl)ccc1N. The van der Waals surface area contributed by atoms with E-state index in [9.17, 15) is 4.79 Å². The highest BCUT2D eigenvalue weighted by molar-refractivity contribution is 6.31. The maximum Gasteiger partial charge on any atom is 0.255 e. The van der Waals surface area contributed by atoms with Crippen LogP contribution in [0.15, 0.2) is 18.2 Å². The van der Waals surface area contributed by atoms with Crippen molar-refractivity contribution < 1.29 is 4.79 Å². The number of benzene rings is 1. The van der Waals surface area contributed by atoms with Crippen molar-refractivity contribution in [2.24, 2.45) is 0 Å². The van der Waals surface area contributed by atoms with Crippen LogP contribution in [0, 0.1) is 0 Å². The molecule has 1 rings (SSSR count). The number of rotatable bonds is 4. The van der Waals surface area contributed by atoms with Crippen molar-refractivity contribution in [2.75, 3.05) is 18.8 Å². The molecule has 0 radical (unpaired) electrons. The van der Waals surface area contributed by atoms with Gasteiger partial charge in [0.1, 0.15) is 0 Å². The molecule has 0 aliphatic heterocycles. The molecule has 0 atom stereocenters. The number of nitrogens with two attached hydrogens (primary N) is 1. The van der Waals surface area contributed by atoms with Gasteiger partial charge in [-0.05, 0) is 31.5 Å². The summed E-state index contributed by atoms with van der Waals surface area (Å²) in [4.78, 5) is 13.9. The summed E-state index contributed by atoms with van der Waals surface area (Å²) in [6, 6.07) is 4.97. The molecular formula is C12H17ClN2O. The Morgan fingerprint density at radius 3 is 2.69 bits per heavy atom. The number of carbonyl (C=O) groups excluding carboxylic acids is 1. The number of carbonyl (C=O) groups is 1. The van der Waals surface area contributed by atoms with Gasteiger partial charge in [0.15, 0.2) is 0 Å². The Morgan fingerprint density at radius 2 is 2.12 bits per heavy atom. The molecule has 1 aromatic carbocycles. The molecule has 0 bridgehead atoms. The standard InChI is InChI=1S/C12H17ClN2O/c1-3-7-15(4-2)12(16)10-8-9(13)5-6-11(10)14/h5-6,8H,3-4,7,14H2,1-2H3. The molecule has 0 aromatic heterocycles. The lowest BCUT2D eigenvalue weighted by Crippen LogP contribution is -2.32. The molecule has 3 nitrogen and oxygen atoms in total. The molecule has 16 heavy (non-hydrogen) atoms. The number of amides is 1. The van der Waals surface area contributed by atoms with Crippen LogP contribution in [0.5, 0.6) is 0 Å². The first-order chi connectivity index (χ1) is 7.60. The number of halogens is 1. The summed E-state index contributed by atoms with van der Waals surface area (Å²) in [5.41, 5.74) is 6.74. The zero-order valence-corrected chi connectivity index (χ0v) is 10.4. The van der Waals surface area contributed by atoms with Gasteiger partial charge in [0, 0.05) is 23.8 Å². The average molecular weight is 241 g/mol. The largest absolute Gasteiger partial charge is 0.398 e. The van der Waals surface area contributed by atoms with E-state index < -0.39 is 0 Å². The van der Waals surface area contributed by atoms with E-state index >= 15 is 0 Å². The van der Waals surface area contributed by atoms with E-state index in [0.717, 1.165) is 13.0 Å². The first-order valence-electron chi connectivity index (χ1n) is 5.44. The first-order valence-corrected chi connectivity index (χ1v) is 5.82. The van der Waals surface area contributed by atoms with Gasteiger partial charge in [0.2, 0.25) is 0 Å². The summed E-state index contributed by atoms with van der Waals surface area (Å²) < 4.78 is 0. The second-order valence-electron chi connectivity index (χ2n) is 3.62. The summed E-state index contributed by atoms with van der Waals surface area (Å²) in [6.45, 7) is 5.41. The normalized spacial score (nSPS) is 10.2. The summed E-state index contributed by atoms with van der Waals surface area (Å²) in [6.07, 6.45) is 0.931. The van der Waals surface area contributed by atoms with E-state index in [0.29, 0.717) is 22.8 Å². The van der Waals surface area contributed by atoms with Crippen LogP contribution in [0.25, 0.3) is 0 Å². The van der Waals surface area contributed by atoms with Gasteiger partial charge in [-0.3, -0.25) is 4.79 Å². The van der Waals surface area contributed by atoms with Gasteiger partial charge in [-0.25, -0.2) is 0 Å². The Labute approximate surface area is 101 Å². The van der Waals surface area contributed by atoms with Crippen LogP contribution < -0.4 is 5.73 Å². The predicted octanol–water partition coefficient (Wildman–Crippen LogP) is 2.79. The number of hydrogen-bond acceptors (Lipinski definition) is 2. The lowest BCUT2D eigenvalue weighted by atomic mass is 10.1. The van der Waals surface area contributed by atoms with E-state index in [4.69, 9.17) is 17.3 Å². The van der Waals surface area contributed by atoms with E-state index in [-0.39, 0.29) is 5.91 Å². The summed E-state index contributed by atoms with van der Waals surface area (Å²) in [7, 11) is 0. The third-order valence-electron chi connectivity index (χ3n) is 2.41. The molecule has 0 fully saturated rings. The monoisotopic (exact) mass is 240 g/mol. The molecule has 0 aliphatic rings. The highest BCUT2D eigenvalue weighted by Crippen LogP contribution is 2.19. The minimum Gasteiger partial charge on any atom is -0.398 e. The molecule has 1 aromatic rings. The molecule has 88 valence electrons. The summed E-state index contributed by atoms with van der Waals surface area (Å²) in [5, 5.41) is 0.533. The molecule has 0 spiro atoms. The van der Waals surface area contributed by atoms with Gasteiger partial charge in [0.25, 0.3) is 5.91 Å². The zero-order chi connectivity index (χ0) is 12.1. The van der Waals surface area contributed by atoms with Crippen LogP contribution in [0.4, 0.5) is 5.69 Å². The Morgan fingerprint density at radius 1 is 1.44 bits per heavy atom. The van der Waals surface area contributed by atoms with Gasteiger partial charge in [-0.15, -0.1) is 0 Å². The van der Waals surface area contributed by atoms with Crippen molar-refractivity contribution >= 4 is 23.2 Å². The maximum atomic E-state index is 12.1. The smallest absolute Gasteiger partial charge is 0.255 e. The molecule has 4 heteroatoms. The fraction of sp³-hybridized carbons (Fsp3) is 0.417. The fourth-order valence-corrected chi connectivity index (χ4v) is 1.73. The lowest BCUT2D eigenvalue weighted by Gasteiger charge is -2.20. The molecule has 0 unspecified atom stereocenters. The van der Waals surface area contributed by atoms with Crippen molar-refractivity contribution in [2.45, 2.75) is 20.3 Å². The van der Waals surface area contributed by atoms with Gasteiger partial charge in [-0.2, -0.15) is 0 Å². The number of nitrogen functional groups attached to an aromatic ring is 1. The first kappa shape index (κ1) is 12.8. The minimum atomic E-state index is -0.0515. The van der Waals surface area contributed by atoms with E-state index in [1.807, 2.05) is 13.8 Å². The molecule has 2 N–H and O–H groups in total. The van der Waals surface area contributed by atoms with Gasteiger partial charge >= 0.3 is 0 Å². The molecule has 1 amide bonds. The molecule has 0 saturated heterocycles. The zero-order valence-electron chi connectivity index (χ0n) is 9.66. The van der Waals surface area contributed by atoms with Crippen LogP contribution in [-0.4, -0.2) is 23.9 Å². The third kappa shape index (κ3) is 2.89. The highest BCUT2D eigenvalue weighted by Gasteiger charge is 2.16. The fourth-order valence-electron chi connectivity index (χ4n) is 1.56. The Balaban J connectivity index is 2.98. The van der Waals surface area contributed by atoms with Crippen LogP contribution in [0.2, 0.25) is 5.02 Å². The number of nitrogens with zero attached hydrogens (tertiary/aromatic N) is 1. The van der Waals surface area contributed by atoms with E-state index in [1.54, 1.807) is 23.1 Å². The van der Waals surface area contributed by atoms with Crippen LogP contribution in [0.3, 0.4) is 0 Å². The van der Waals surface area contributed by atoms with E-state index in [2.05, 4.69) is 0 Å². The average Bonchev–Trinajstić information content (AvgIpc) is 2.28. The second kappa shape index (κ2) is 5.75. The number of hydrogen-bond donors (Lipinski definition) is 1. The van der Waals surface area contributed by atoms with Crippen molar-refractivity contribution in [3.8, 4) is 0 Å². The highest BCUT2D eigenvalue weighted by atomic mass is 35.5. The maximum absolute atomic E-state index is 12.1. The van der Waals surface area contributed by atoms with Crippen molar-refractivity contribution in [3.63, 3.8) is 0 Å². The van der Waals surface area contributed by atoms with Crippen LogP contribution in [-0.2, 0) is 0 Å². The predicted molar refractivity (Wildman–Crippen MR) is 67.7 cm³/mol. The number of anilines is 1. The molecule has 0 aliphatic carbocycles. The van der Waals surface area contributed by atoms with Crippen LogP contribution >= 0.6 is 11.6 Å². The molecular weight excluding hydrogens is 224 g/mol. The van der Waals surface area contributed by atoms with Crippen molar-refractivity contribution in [1.82, 2.24) is 4.90 Å². The quantitative estimate of drug-likeness (QED) is 0.823. The van der Waals surface area contributed by atoms with Gasteiger partial charge < -0.3 is 10.6 Å². The molecule has 0 heterocycles.